The van der Waals surface area contributed by atoms with Crippen molar-refractivity contribution in [3.05, 3.63) is 70.1 Å². The highest BCUT2D eigenvalue weighted by Gasteiger charge is 2.19. The molecule has 5 heteroatoms. The van der Waals surface area contributed by atoms with Gasteiger partial charge in [-0.2, -0.15) is 0 Å². The van der Waals surface area contributed by atoms with Crippen LogP contribution in [-0.4, -0.2) is 10.5 Å². The predicted octanol–water partition coefficient (Wildman–Crippen LogP) is 4.01. The van der Waals surface area contributed by atoms with Gasteiger partial charge in [0.25, 0.3) is 5.91 Å². The number of para-hydroxylation sites is 1. The maximum atomic E-state index is 13.6. The van der Waals surface area contributed by atoms with Crippen molar-refractivity contribution in [3.8, 4) is 0 Å². The summed E-state index contributed by atoms with van der Waals surface area (Å²) < 4.78 is 16.2. The summed E-state index contributed by atoms with van der Waals surface area (Å²) in [6, 6.07) is 14.2. The molecule has 0 radical (unpaired) electrons. The third-order valence-corrected chi connectivity index (χ3v) is 4.46. The molecule has 0 aliphatic rings. The number of amides is 1. The van der Waals surface area contributed by atoms with Crippen LogP contribution in [-0.2, 0) is 13.6 Å². The molecule has 0 saturated heterocycles. The largest absolute Gasteiger partial charge is 0.347 e. The van der Waals surface area contributed by atoms with E-state index in [1.807, 2.05) is 35.9 Å². The number of rotatable bonds is 3. The summed E-state index contributed by atoms with van der Waals surface area (Å²) in [6.45, 7) is 0.152. The van der Waals surface area contributed by atoms with Crippen LogP contribution in [0.3, 0.4) is 0 Å². The Labute approximate surface area is 135 Å². The minimum Gasteiger partial charge on any atom is -0.347 e. The van der Waals surface area contributed by atoms with Gasteiger partial charge in [0.05, 0.1) is 4.47 Å². The molecule has 0 aliphatic heterocycles. The van der Waals surface area contributed by atoms with Crippen molar-refractivity contribution in [2.75, 3.05) is 0 Å². The summed E-state index contributed by atoms with van der Waals surface area (Å²) in [7, 11) is 1.84. The summed E-state index contributed by atoms with van der Waals surface area (Å²) in [4.78, 5) is 12.5. The van der Waals surface area contributed by atoms with Crippen LogP contribution in [0.5, 0.6) is 0 Å². The SMILES string of the molecule is Cn1c(C(=O)NCc2ccccc2F)c(Br)c2ccccc21. The van der Waals surface area contributed by atoms with E-state index in [9.17, 15) is 9.18 Å². The first-order valence-electron chi connectivity index (χ1n) is 6.84. The molecule has 3 rings (SSSR count). The molecular weight excluding hydrogens is 347 g/mol. The molecule has 1 heterocycles. The lowest BCUT2D eigenvalue weighted by Crippen LogP contribution is -2.25. The lowest BCUT2D eigenvalue weighted by atomic mass is 10.2. The van der Waals surface area contributed by atoms with Gasteiger partial charge in [-0.05, 0) is 28.1 Å². The fourth-order valence-electron chi connectivity index (χ4n) is 2.50. The number of nitrogens with one attached hydrogen (secondary N) is 1. The topological polar surface area (TPSA) is 34.0 Å². The van der Waals surface area contributed by atoms with Crippen molar-refractivity contribution in [1.82, 2.24) is 9.88 Å². The Kier molecular flexibility index (Phi) is 3.98. The van der Waals surface area contributed by atoms with Crippen LogP contribution in [0.2, 0.25) is 0 Å². The zero-order chi connectivity index (χ0) is 15.7. The molecule has 1 aromatic heterocycles. The van der Waals surface area contributed by atoms with Crippen LogP contribution in [0.1, 0.15) is 16.1 Å². The van der Waals surface area contributed by atoms with Gasteiger partial charge in [-0.15, -0.1) is 0 Å². The first kappa shape index (κ1) is 14.8. The lowest BCUT2D eigenvalue weighted by molar-refractivity contribution is 0.0942. The number of hydrogen-bond donors (Lipinski definition) is 1. The second-order valence-corrected chi connectivity index (χ2v) is 5.81. The van der Waals surface area contributed by atoms with Crippen molar-refractivity contribution in [1.29, 1.82) is 0 Å². The van der Waals surface area contributed by atoms with E-state index in [4.69, 9.17) is 0 Å². The molecule has 112 valence electrons. The van der Waals surface area contributed by atoms with Crippen molar-refractivity contribution < 1.29 is 9.18 Å². The van der Waals surface area contributed by atoms with E-state index in [1.165, 1.54) is 6.07 Å². The van der Waals surface area contributed by atoms with Gasteiger partial charge in [-0.3, -0.25) is 4.79 Å². The van der Waals surface area contributed by atoms with Crippen molar-refractivity contribution >= 4 is 32.7 Å². The Morgan fingerprint density at radius 2 is 1.86 bits per heavy atom. The van der Waals surface area contributed by atoms with E-state index in [0.717, 1.165) is 15.4 Å². The highest BCUT2D eigenvalue weighted by atomic mass is 79.9. The van der Waals surface area contributed by atoms with Gasteiger partial charge in [0.1, 0.15) is 11.5 Å². The van der Waals surface area contributed by atoms with Crippen LogP contribution in [0, 0.1) is 5.82 Å². The van der Waals surface area contributed by atoms with Gasteiger partial charge in [-0.25, -0.2) is 4.39 Å². The normalized spacial score (nSPS) is 10.9. The van der Waals surface area contributed by atoms with Crippen LogP contribution in [0.15, 0.2) is 53.0 Å². The molecule has 22 heavy (non-hydrogen) atoms. The summed E-state index contributed by atoms with van der Waals surface area (Å²) >= 11 is 3.49. The Hall–Kier alpha value is -2.14. The lowest BCUT2D eigenvalue weighted by Gasteiger charge is -2.08. The van der Waals surface area contributed by atoms with E-state index in [-0.39, 0.29) is 18.3 Å². The fraction of sp³-hybridized carbons (Fsp3) is 0.118. The molecule has 2 aromatic carbocycles. The molecule has 0 spiro atoms. The number of fused-ring (bicyclic) bond motifs is 1. The molecule has 0 bridgehead atoms. The number of hydrogen-bond acceptors (Lipinski definition) is 1. The number of aryl methyl sites for hydroxylation is 1. The monoisotopic (exact) mass is 360 g/mol. The van der Waals surface area contributed by atoms with Gasteiger partial charge >= 0.3 is 0 Å². The molecule has 3 nitrogen and oxygen atoms in total. The van der Waals surface area contributed by atoms with Crippen LogP contribution >= 0.6 is 15.9 Å². The minimum atomic E-state index is -0.320. The molecule has 0 fully saturated rings. The fourth-order valence-corrected chi connectivity index (χ4v) is 3.28. The number of aromatic nitrogens is 1. The molecule has 0 atom stereocenters. The van der Waals surface area contributed by atoms with Crippen LogP contribution < -0.4 is 5.32 Å². The molecule has 0 unspecified atom stereocenters. The van der Waals surface area contributed by atoms with Crippen LogP contribution in [0.4, 0.5) is 4.39 Å². The molecule has 1 N–H and O–H groups in total. The van der Waals surface area contributed by atoms with Gasteiger partial charge in [0.15, 0.2) is 0 Å². The summed E-state index contributed by atoms with van der Waals surface area (Å²) in [5, 5.41) is 3.74. The highest BCUT2D eigenvalue weighted by Crippen LogP contribution is 2.30. The highest BCUT2D eigenvalue weighted by molar-refractivity contribution is 9.10. The zero-order valence-corrected chi connectivity index (χ0v) is 13.5. The third-order valence-electron chi connectivity index (χ3n) is 3.66. The Balaban J connectivity index is 1.88. The smallest absolute Gasteiger partial charge is 0.269 e. The Bertz CT molecular complexity index is 818. The first-order valence-corrected chi connectivity index (χ1v) is 7.63. The third kappa shape index (κ3) is 2.52. The number of carbonyl (C=O) groups is 1. The molecule has 0 aliphatic carbocycles. The number of benzene rings is 2. The molecule has 3 aromatic rings. The number of halogens is 2. The summed E-state index contributed by atoms with van der Waals surface area (Å²) in [5.41, 5.74) is 1.95. The first-order chi connectivity index (χ1) is 10.6. The van der Waals surface area contributed by atoms with E-state index >= 15 is 0 Å². The molecule has 0 saturated carbocycles. The van der Waals surface area contributed by atoms with Crippen molar-refractivity contribution in [2.45, 2.75) is 6.54 Å². The van der Waals surface area contributed by atoms with Gasteiger partial charge in [0, 0.05) is 30.1 Å². The van der Waals surface area contributed by atoms with Crippen molar-refractivity contribution in [2.24, 2.45) is 7.05 Å². The minimum absolute atomic E-state index is 0.152. The predicted molar refractivity (Wildman–Crippen MR) is 88.2 cm³/mol. The van der Waals surface area contributed by atoms with Crippen LogP contribution in [0.25, 0.3) is 10.9 Å². The molecular formula is C17H14BrFN2O. The zero-order valence-electron chi connectivity index (χ0n) is 11.9. The summed E-state index contributed by atoms with van der Waals surface area (Å²) in [6.07, 6.45) is 0. The second-order valence-electron chi connectivity index (χ2n) is 5.01. The van der Waals surface area contributed by atoms with Gasteiger partial charge < -0.3 is 9.88 Å². The van der Waals surface area contributed by atoms with E-state index < -0.39 is 0 Å². The second kappa shape index (κ2) is 5.93. The van der Waals surface area contributed by atoms with E-state index in [0.29, 0.717) is 11.3 Å². The van der Waals surface area contributed by atoms with Gasteiger partial charge in [-0.1, -0.05) is 36.4 Å². The Morgan fingerprint density at radius 3 is 2.59 bits per heavy atom. The maximum absolute atomic E-state index is 13.6. The number of nitrogens with zero attached hydrogens (tertiary/aromatic N) is 1. The summed E-state index contributed by atoms with van der Waals surface area (Å²) in [5.74, 6) is -0.562. The standard InChI is InChI=1S/C17H14BrFN2O/c1-21-14-9-5-3-7-12(14)15(18)16(21)17(22)20-10-11-6-2-4-8-13(11)19/h2-9H,10H2,1H3,(H,20,22). The quantitative estimate of drug-likeness (QED) is 0.752. The maximum Gasteiger partial charge on any atom is 0.269 e. The van der Waals surface area contributed by atoms with E-state index in [2.05, 4.69) is 21.2 Å². The average molecular weight is 361 g/mol. The Morgan fingerprint density at radius 1 is 1.18 bits per heavy atom. The average Bonchev–Trinajstić information content (AvgIpc) is 2.78. The van der Waals surface area contributed by atoms with Gasteiger partial charge in [0.2, 0.25) is 0 Å². The number of carbonyl (C=O) groups excluding carboxylic acids is 1. The van der Waals surface area contributed by atoms with Crippen molar-refractivity contribution in [3.63, 3.8) is 0 Å². The van der Waals surface area contributed by atoms with E-state index in [1.54, 1.807) is 18.2 Å². The molecule has 1 amide bonds.